The number of piperazine rings is 1. The van der Waals surface area contributed by atoms with Crippen LogP contribution in [0, 0.1) is 6.92 Å². The van der Waals surface area contributed by atoms with E-state index in [2.05, 4.69) is 28.2 Å². The van der Waals surface area contributed by atoms with E-state index in [4.69, 9.17) is 16.3 Å². The number of para-hydroxylation sites is 1. The van der Waals surface area contributed by atoms with E-state index in [-0.39, 0.29) is 12.6 Å². The van der Waals surface area contributed by atoms with Crippen molar-refractivity contribution in [2.45, 2.75) is 33.7 Å². The minimum absolute atomic E-state index is 0.0325. The van der Waals surface area contributed by atoms with Crippen LogP contribution in [0.1, 0.15) is 28.7 Å². The van der Waals surface area contributed by atoms with E-state index in [1.54, 1.807) is 29.1 Å². The van der Waals surface area contributed by atoms with Crippen LogP contribution < -0.4 is 4.74 Å². The Morgan fingerprint density at radius 1 is 1.16 bits per heavy atom. The molecule has 8 nitrogen and oxygen atoms in total. The number of amides is 1. The zero-order valence-electron chi connectivity index (χ0n) is 17.9. The highest BCUT2D eigenvalue weighted by Crippen LogP contribution is 2.23. The normalized spacial score (nSPS) is 14.7. The first-order valence-corrected chi connectivity index (χ1v) is 10.9. The molecule has 1 aliphatic heterocycles. The third kappa shape index (κ3) is 4.91. The maximum Gasteiger partial charge on any atom is 0.272 e. The Kier molecular flexibility index (Phi) is 6.58. The zero-order valence-corrected chi connectivity index (χ0v) is 18.6. The van der Waals surface area contributed by atoms with Crippen LogP contribution in [0.5, 0.6) is 5.75 Å². The fourth-order valence-corrected chi connectivity index (χ4v) is 3.89. The second-order valence-corrected chi connectivity index (χ2v) is 7.99. The SMILES string of the molecule is CCn1cc(CN2CCN(C(=O)c3ccnn3COc3ccccc3Cl)CC2)c(C)n1. The van der Waals surface area contributed by atoms with E-state index in [1.165, 1.54) is 5.56 Å². The molecule has 9 heteroatoms. The Hall–Kier alpha value is -2.84. The molecule has 1 amide bonds. The maximum absolute atomic E-state index is 13.1. The first kappa shape index (κ1) is 21.4. The van der Waals surface area contributed by atoms with Crippen LogP contribution in [0.15, 0.2) is 42.7 Å². The van der Waals surface area contributed by atoms with E-state index in [0.29, 0.717) is 29.6 Å². The van der Waals surface area contributed by atoms with Crippen LogP contribution in [0.4, 0.5) is 0 Å². The number of hydrogen-bond acceptors (Lipinski definition) is 5. The summed E-state index contributed by atoms with van der Waals surface area (Å²) in [7, 11) is 0. The summed E-state index contributed by atoms with van der Waals surface area (Å²) in [6.45, 7) is 9.00. The average Bonchev–Trinajstić information content (AvgIpc) is 3.39. The molecule has 0 spiro atoms. The van der Waals surface area contributed by atoms with Gasteiger partial charge in [-0.25, -0.2) is 4.68 Å². The molecule has 3 aromatic rings. The lowest BCUT2D eigenvalue weighted by Gasteiger charge is -2.34. The summed E-state index contributed by atoms with van der Waals surface area (Å²) in [4.78, 5) is 17.3. The van der Waals surface area contributed by atoms with Crippen molar-refractivity contribution in [3.05, 3.63) is 64.7 Å². The number of rotatable bonds is 7. The summed E-state index contributed by atoms with van der Waals surface area (Å²) >= 11 is 6.14. The van der Waals surface area contributed by atoms with Gasteiger partial charge in [0.15, 0.2) is 6.73 Å². The summed E-state index contributed by atoms with van der Waals surface area (Å²) in [6, 6.07) is 8.98. The highest BCUT2D eigenvalue weighted by molar-refractivity contribution is 6.32. The van der Waals surface area contributed by atoms with E-state index < -0.39 is 0 Å². The van der Waals surface area contributed by atoms with Crippen LogP contribution >= 0.6 is 11.6 Å². The van der Waals surface area contributed by atoms with Crippen LogP contribution in [0.3, 0.4) is 0 Å². The van der Waals surface area contributed by atoms with Gasteiger partial charge in [0.05, 0.1) is 10.7 Å². The molecule has 0 unspecified atom stereocenters. The third-order valence-electron chi connectivity index (χ3n) is 5.54. The Morgan fingerprint density at radius 2 is 1.94 bits per heavy atom. The first-order valence-electron chi connectivity index (χ1n) is 10.5. The fourth-order valence-electron chi connectivity index (χ4n) is 3.70. The van der Waals surface area contributed by atoms with Gasteiger partial charge in [-0.15, -0.1) is 0 Å². The van der Waals surface area contributed by atoms with Gasteiger partial charge in [0, 0.05) is 57.2 Å². The minimum atomic E-state index is -0.0325. The average molecular weight is 443 g/mol. The predicted octanol–water partition coefficient (Wildman–Crippen LogP) is 3.06. The second kappa shape index (κ2) is 9.53. The summed E-state index contributed by atoms with van der Waals surface area (Å²) in [6.07, 6.45) is 3.73. The molecule has 0 N–H and O–H groups in total. The van der Waals surface area contributed by atoms with Gasteiger partial charge in [-0.2, -0.15) is 10.2 Å². The summed E-state index contributed by atoms with van der Waals surface area (Å²) in [5, 5.41) is 9.30. The van der Waals surface area contributed by atoms with Crippen LogP contribution in [-0.2, 0) is 19.8 Å². The number of carbonyl (C=O) groups is 1. The lowest BCUT2D eigenvalue weighted by atomic mass is 10.2. The topological polar surface area (TPSA) is 68.4 Å². The van der Waals surface area contributed by atoms with Crippen molar-refractivity contribution in [3.63, 3.8) is 0 Å². The van der Waals surface area contributed by atoms with E-state index >= 15 is 0 Å². The van der Waals surface area contributed by atoms with E-state index in [1.807, 2.05) is 28.6 Å². The number of benzene rings is 1. The van der Waals surface area contributed by atoms with Crippen LogP contribution in [-0.4, -0.2) is 61.4 Å². The number of nitrogens with zero attached hydrogens (tertiary/aromatic N) is 6. The molecular formula is C22H27ClN6O2. The summed E-state index contributed by atoms with van der Waals surface area (Å²) in [5.74, 6) is 0.531. The van der Waals surface area contributed by atoms with Crippen molar-refractivity contribution in [2.24, 2.45) is 0 Å². The first-order chi connectivity index (χ1) is 15.0. The van der Waals surface area contributed by atoms with Gasteiger partial charge in [-0.05, 0) is 32.0 Å². The summed E-state index contributed by atoms with van der Waals surface area (Å²) in [5.41, 5.74) is 2.83. The molecule has 2 aromatic heterocycles. The van der Waals surface area contributed by atoms with Crippen molar-refractivity contribution in [1.29, 1.82) is 0 Å². The smallest absolute Gasteiger partial charge is 0.272 e. The van der Waals surface area contributed by atoms with Gasteiger partial charge < -0.3 is 9.64 Å². The highest BCUT2D eigenvalue weighted by Gasteiger charge is 2.25. The largest absolute Gasteiger partial charge is 0.470 e. The molecule has 164 valence electrons. The fraction of sp³-hybridized carbons (Fsp3) is 0.409. The molecule has 1 aliphatic rings. The van der Waals surface area contributed by atoms with Gasteiger partial charge in [0.25, 0.3) is 5.91 Å². The molecule has 0 radical (unpaired) electrons. The van der Waals surface area contributed by atoms with Crippen molar-refractivity contribution >= 4 is 17.5 Å². The van der Waals surface area contributed by atoms with Crippen LogP contribution in [0.25, 0.3) is 0 Å². The monoisotopic (exact) mass is 442 g/mol. The lowest BCUT2D eigenvalue weighted by molar-refractivity contribution is 0.0607. The van der Waals surface area contributed by atoms with Crippen molar-refractivity contribution in [3.8, 4) is 5.75 Å². The Bertz CT molecular complexity index is 1040. The number of hydrogen-bond donors (Lipinski definition) is 0. The second-order valence-electron chi connectivity index (χ2n) is 7.58. The number of halogens is 1. The number of ether oxygens (including phenoxy) is 1. The minimum Gasteiger partial charge on any atom is -0.470 e. The summed E-state index contributed by atoms with van der Waals surface area (Å²) < 4.78 is 9.29. The van der Waals surface area contributed by atoms with Gasteiger partial charge in [-0.1, -0.05) is 23.7 Å². The van der Waals surface area contributed by atoms with Crippen molar-refractivity contribution < 1.29 is 9.53 Å². The molecule has 4 rings (SSSR count). The molecule has 1 aromatic carbocycles. The van der Waals surface area contributed by atoms with Gasteiger partial charge in [0.1, 0.15) is 11.4 Å². The van der Waals surface area contributed by atoms with Gasteiger partial charge in [-0.3, -0.25) is 14.4 Å². The Morgan fingerprint density at radius 3 is 2.65 bits per heavy atom. The Balaban J connectivity index is 1.33. The van der Waals surface area contributed by atoms with Gasteiger partial charge in [0.2, 0.25) is 0 Å². The quantitative estimate of drug-likeness (QED) is 0.562. The molecule has 1 fully saturated rings. The molecule has 31 heavy (non-hydrogen) atoms. The predicted molar refractivity (Wildman–Crippen MR) is 118 cm³/mol. The maximum atomic E-state index is 13.1. The van der Waals surface area contributed by atoms with Crippen molar-refractivity contribution in [1.82, 2.24) is 29.4 Å². The molecule has 1 saturated heterocycles. The van der Waals surface area contributed by atoms with Gasteiger partial charge >= 0.3 is 0 Å². The van der Waals surface area contributed by atoms with Crippen molar-refractivity contribution in [2.75, 3.05) is 26.2 Å². The van der Waals surface area contributed by atoms with Crippen LogP contribution in [0.2, 0.25) is 5.02 Å². The Labute approximate surface area is 187 Å². The molecule has 0 bridgehead atoms. The molecule has 3 heterocycles. The number of aryl methyl sites for hydroxylation is 2. The lowest BCUT2D eigenvalue weighted by Crippen LogP contribution is -2.48. The number of aromatic nitrogens is 4. The van der Waals surface area contributed by atoms with E-state index in [0.717, 1.165) is 31.9 Å². The molecule has 0 atom stereocenters. The molecular weight excluding hydrogens is 416 g/mol. The standard InChI is InChI=1S/C22H27ClN6O2/c1-3-28-15-18(17(2)25-28)14-26-10-12-27(13-11-26)22(30)20-8-9-24-29(20)16-31-21-7-5-4-6-19(21)23/h4-9,15H,3,10-14,16H2,1-2H3. The van der Waals surface area contributed by atoms with E-state index in [9.17, 15) is 4.79 Å². The molecule has 0 saturated carbocycles. The highest BCUT2D eigenvalue weighted by atomic mass is 35.5. The zero-order chi connectivity index (χ0) is 21.8. The molecule has 0 aliphatic carbocycles. The number of carbonyl (C=O) groups excluding carboxylic acids is 1. The third-order valence-corrected chi connectivity index (χ3v) is 5.85.